The van der Waals surface area contributed by atoms with Crippen molar-refractivity contribution in [2.45, 2.75) is 45.8 Å². The number of likely N-dealkylation sites (N-methyl/N-ethyl adjacent to an activating group) is 1. The molecule has 8 nitrogen and oxygen atoms in total. The van der Waals surface area contributed by atoms with Gasteiger partial charge >= 0.3 is 11.9 Å². The predicted octanol–water partition coefficient (Wildman–Crippen LogP) is 7.31. The van der Waals surface area contributed by atoms with Gasteiger partial charge < -0.3 is 29.0 Å². The van der Waals surface area contributed by atoms with Crippen LogP contribution in [0.2, 0.25) is 0 Å². The Bertz CT molecular complexity index is 1660. The summed E-state index contributed by atoms with van der Waals surface area (Å²) >= 11 is 0. The standard InChI is InChI=1S/C38H39NO7/c1-5-32(29-16-21-34-35(22-29)44-24-43-34)37(27-14-19-31(20-15-27)46-38(41)28-10-8-7-9-11-28)26-12-17-30(18-13-26)42-23-36(45-25(3)40)33(6-2)39-4/h7-22,33,36,39H,5-6,23-24H2,1-4H3. The molecule has 0 saturated carbocycles. The summed E-state index contributed by atoms with van der Waals surface area (Å²) in [5.41, 5.74) is 5.57. The van der Waals surface area contributed by atoms with Gasteiger partial charge in [0.05, 0.1) is 5.56 Å². The number of hydrogen-bond donors (Lipinski definition) is 1. The highest BCUT2D eigenvalue weighted by Gasteiger charge is 2.23. The minimum Gasteiger partial charge on any atom is -0.490 e. The largest absolute Gasteiger partial charge is 0.490 e. The smallest absolute Gasteiger partial charge is 0.343 e. The topological polar surface area (TPSA) is 92.3 Å². The van der Waals surface area contributed by atoms with Crippen molar-refractivity contribution in [1.82, 2.24) is 5.32 Å². The van der Waals surface area contributed by atoms with E-state index >= 15 is 0 Å². The van der Waals surface area contributed by atoms with Crippen LogP contribution in [0, 0.1) is 0 Å². The predicted molar refractivity (Wildman–Crippen MR) is 177 cm³/mol. The molecule has 5 rings (SSSR count). The Hall–Kier alpha value is -5.08. The van der Waals surface area contributed by atoms with Gasteiger partial charge in [0.2, 0.25) is 6.79 Å². The number of nitrogens with one attached hydrogen (secondary N) is 1. The molecule has 0 radical (unpaired) electrons. The minimum atomic E-state index is -0.421. The van der Waals surface area contributed by atoms with E-state index in [1.807, 2.05) is 86.8 Å². The van der Waals surface area contributed by atoms with Crippen LogP contribution in [0.1, 0.15) is 60.7 Å². The summed E-state index contributed by atoms with van der Waals surface area (Å²) in [6.45, 7) is 5.98. The summed E-state index contributed by atoms with van der Waals surface area (Å²) in [7, 11) is 1.85. The average Bonchev–Trinajstić information content (AvgIpc) is 3.56. The van der Waals surface area contributed by atoms with Gasteiger partial charge in [0, 0.05) is 13.0 Å². The van der Waals surface area contributed by atoms with Crippen molar-refractivity contribution in [1.29, 1.82) is 0 Å². The Kier molecular flexibility index (Phi) is 10.7. The van der Waals surface area contributed by atoms with E-state index in [9.17, 15) is 9.59 Å². The molecule has 2 atom stereocenters. The van der Waals surface area contributed by atoms with Crippen LogP contribution >= 0.6 is 0 Å². The number of ether oxygens (including phenoxy) is 5. The Morgan fingerprint density at radius 2 is 1.41 bits per heavy atom. The Morgan fingerprint density at radius 3 is 2.02 bits per heavy atom. The van der Waals surface area contributed by atoms with Crippen LogP contribution in [-0.4, -0.2) is 44.5 Å². The van der Waals surface area contributed by atoms with E-state index in [0.717, 1.165) is 46.4 Å². The van der Waals surface area contributed by atoms with Crippen LogP contribution in [0.5, 0.6) is 23.0 Å². The fraction of sp³-hybridized carbons (Fsp3) is 0.263. The molecule has 46 heavy (non-hydrogen) atoms. The van der Waals surface area contributed by atoms with Crippen molar-refractivity contribution < 1.29 is 33.3 Å². The van der Waals surface area contributed by atoms with Gasteiger partial charge in [-0.2, -0.15) is 0 Å². The summed E-state index contributed by atoms with van der Waals surface area (Å²) in [5, 5.41) is 3.20. The number of hydrogen-bond acceptors (Lipinski definition) is 8. The molecule has 0 spiro atoms. The van der Waals surface area contributed by atoms with Crippen molar-refractivity contribution in [3.63, 3.8) is 0 Å². The molecular formula is C38H39NO7. The van der Waals surface area contributed by atoms with Gasteiger partial charge in [0.1, 0.15) is 18.1 Å². The highest BCUT2D eigenvalue weighted by Crippen LogP contribution is 2.40. The molecule has 0 aromatic heterocycles. The van der Waals surface area contributed by atoms with Crippen LogP contribution in [0.25, 0.3) is 11.1 Å². The lowest BCUT2D eigenvalue weighted by molar-refractivity contribution is -0.149. The molecule has 4 aromatic rings. The molecule has 4 aromatic carbocycles. The zero-order chi connectivity index (χ0) is 32.5. The van der Waals surface area contributed by atoms with Crippen LogP contribution in [-0.2, 0) is 9.53 Å². The first kappa shape index (κ1) is 32.3. The van der Waals surface area contributed by atoms with E-state index in [-0.39, 0.29) is 25.4 Å². The molecule has 238 valence electrons. The van der Waals surface area contributed by atoms with E-state index in [2.05, 4.69) is 12.2 Å². The molecule has 1 aliphatic rings. The summed E-state index contributed by atoms with van der Waals surface area (Å²) in [6.07, 6.45) is 1.11. The van der Waals surface area contributed by atoms with Crippen molar-refractivity contribution in [2.75, 3.05) is 20.4 Å². The van der Waals surface area contributed by atoms with Crippen molar-refractivity contribution in [3.8, 4) is 23.0 Å². The van der Waals surface area contributed by atoms with Gasteiger partial charge in [-0.1, -0.05) is 62.4 Å². The molecule has 1 aliphatic heterocycles. The van der Waals surface area contributed by atoms with Gasteiger partial charge in [-0.3, -0.25) is 4.79 Å². The third-order valence-corrected chi connectivity index (χ3v) is 7.87. The quantitative estimate of drug-likeness (QED) is 0.0944. The van der Waals surface area contributed by atoms with E-state index in [1.165, 1.54) is 6.92 Å². The molecule has 2 unspecified atom stereocenters. The first-order valence-corrected chi connectivity index (χ1v) is 15.5. The van der Waals surface area contributed by atoms with Gasteiger partial charge in [0.15, 0.2) is 17.6 Å². The first-order chi connectivity index (χ1) is 22.4. The Labute approximate surface area is 269 Å². The molecule has 1 heterocycles. The fourth-order valence-corrected chi connectivity index (χ4v) is 5.55. The van der Waals surface area contributed by atoms with Gasteiger partial charge in [0.25, 0.3) is 0 Å². The van der Waals surface area contributed by atoms with E-state index in [0.29, 0.717) is 22.8 Å². The number of esters is 2. The lowest BCUT2D eigenvalue weighted by Crippen LogP contribution is -2.43. The van der Waals surface area contributed by atoms with E-state index < -0.39 is 12.1 Å². The summed E-state index contributed by atoms with van der Waals surface area (Å²) in [5.74, 6) is 1.80. The zero-order valence-electron chi connectivity index (χ0n) is 26.6. The van der Waals surface area contributed by atoms with Crippen molar-refractivity contribution in [2.24, 2.45) is 0 Å². The molecule has 0 aliphatic carbocycles. The van der Waals surface area contributed by atoms with E-state index in [1.54, 1.807) is 24.3 Å². The zero-order valence-corrected chi connectivity index (χ0v) is 26.6. The second-order valence-corrected chi connectivity index (χ2v) is 10.8. The third-order valence-electron chi connectivity index (χ3n) is 7.87. The van der Waals surface area contributed by atoms with Crippen LogP contribution in [0.3, 0.4) is 0 Å². The molecule has 8 heteroatoms. The number of benzene rings is 4. The fourth-order valence-electron chi connectivity index (χ4n) is 5.55. The summed E-state index contributed by atoms with van der Waals surface area (Å²) in [4.78, 5) is 24.4. The molecular weight excluding hydrogens is 582 g/mol. The van der Waals surface area contributed by atoms with Gasteiger partial charge in [-0.25, -0.2) is 4.79 Å². The average molecular weight is 622 g/mol. The van der Waals surface area contributed by atoms with Crippen LogP contribution in [0.4, 0.5) is 0 Å². The summed E-state index contributed by atoms with van der Waals surface area (Å²) in [6, 6.07) is 30.3. The molecule has 0 bridgehead atoms. The molecule has 0 saturated heterocycles. The highest BCUT2D eigenvalue weighted by atomic mass is 16.7. The van der Waals surface area contributed by atoms with E-state index in [4.69, 9.17) is 23.7 Å². The monoisotopic (exact) mass is 621 g/mol. The third kappa shape index (κ3) is 7.76. The summed E-state index contributed by atoms with van der Waals surface area (Å²) < 4.78 is 28.5. The maximum Gasteiger partial charge on any atom is 0.343 e. The number of carbonyl (C=O) groups is 2. The van der Waals surface area contributed by atoms with Gasteiger partial charge in [-0.15, -0.1) is 0 Å². The first-order valence-electron chi connectivity index (χ1n) is 15.5. The normalized spacial score (nSPS) is 13.7. The maximum atomic E-state index is 12.6. The second kappa shape index (κ2) is 15.3. The maximum absolute atomic E-state index is 12.6. The molecule has 1 N–H and O–H groups in total. The Balaban J connectivity index is 1.46. The number of carbonyl (C=O) groups excluding carboxylic acids is 2. The van der Waals surface area contributed by atoms with Crippen molar-refractivity contribution in [3.05, 3.63) is 119 Å². The lowest BCUT2D eigenvalue weighted by Gasteiger charge is -2.25. The number of fused-ring (bicyclic) bond motifs is 1. The van der Waals surface area contributed by atoms with Gasteiger partial charge in [-0.05, 0) is 96.3 Å². The lowest BCUT2D eigenvalue weighted by atomic mass is 9.88. The van der Waals surface area contributed by atoms with Crippen molar-refractivity contribution >= 4 is 23.1 Å². The second-order valence-electron chi connectivity index (χ2n) is 10.8. The molecule has 0 amide bonds. The molecule has 0 fully saturated rings. The number of allylic oxidation sites excluding steroid dienone is 1. The van der Waals surface area contributed by atoms with Crippen LogP contribution < -0.4 is 24.3 Å². The number of rotatable bonds is 13. The minimum absolute atomic E-state index is 0.0264. The highest BCUT2D eigenvalue weighted by molar-refractivity contribution is 5.99. The van der Waals surface area contributed by atoms with Crippen LogP contribution in [0.15, 0.2) is 97.1 Å². The SMILES string of the molecule is CCC(=C(c1ccc(OCC(OC(C)=O)C(CC)NC)cc1)c1ccc(OC(=O)c2ccccc2)cc1)c1ccc2c(c1)OCO2. The Morgan fingerprint density at radius 1 is 0.783 bits per heavy atom.